The van der Waals surface area contributed by atoms with E-state index in [-0.39, 0.29) is 0 Å². The lowest BCUT2D eigenvalue weighted by Gasteiger charge is -2.10. The summed E-state index contributed by atoms with van der Waals surface area (Å²) in [6, 6.07) is 14.9. The Kier molecular flexibility index (Phi) is 3.42. The Morgan fingerprint density at radius 2 is 1.90 bits per heavy atom. The predicted molar refractivity (Wildman–Crippen MR) is 83.0 cm³/mol. The van der Waals surface area contributed by atoms with Crippen LogP contribution in [0.2, 0.25) is 0 Å². The van der Waals surface area contributed by atoms with Gasteiger partial charge in [0.15, 0.2) is 0 Å². The van der Waals surface area contributed by atoms with Crippen LogP contribution in [-0.2, 0) is 6.54 Å². The standard InChI is InChI=1S/C17H19N3/c1-13(2)15-8-6-14(7-9-15)12-19-17-5-3-4-16-18-10-11-20(16)17/h3-11,13,19H,12H2,1-2H3. The molecule has 0 atom stereocenters. The molecule has 0 aliphatic rings. The maximum Gasteiger partial charge on any atom is 0.138 e. The summed E-state index contributed by atoms with van der Waals surface area (Å²) in [7, 11) is 0. The molecule has 3 rings (SSSR count). The Balaban J connectivity index is 1.74. The molecule has 102 valence electrons. The summed E-state index contributed by atoms with van der Waals surface area (Å²) in [6.07, 6.45) is 3.79. The Morgan fingerprint density at radius 1 is 1.10 bits per heavy atom. The van der Waals surface area contributed by atoms with Crippen molar-refractivity contribution in [3.8, 4) is 0 Å². The number of nitrogens with zero attached hydrogens (tertiary/aromatic N) is 2. The van der Waals surface area contributed by atoms with Crippen molar-refractivity contribution in [3.05, 3.63) is 66.0 Å². The topological polar surface area (TPSA) is 29.3 Å². The number of hydrogen-bond donors (Lipinski definition) is 1. The van der Waals surface area contributed by atoms with E-state index < -0.39 is 0 Å². The molecular weight excluding hydrogens is 246 g/mol. The van der Waals surface area contributed by atoms with Crippen LogP contribution in [0.5, 0.6) is 0 Å². The summed E-state index contributed by atoms with van der Waals surface area (Å²) in [5.41, 5.74) is 3.63. The van der Waals surface area contributed by atoms with Crippen LogP contribution in [0.3, 0.4) is 0 Å². The molecule has 2 aromatic heterocycles. The van der Waals surface area contributed by atoms with Crippen molar-refractivity contribution < 1.29 is 0 Å². The zero-order valence-electron chi connectivity index (χ0n) is 11.9. The van der Waals surface area contributed by atoms with E-state index in [1.807, 2.05) is 24.5 Å². The summed E-state index contributed by atoms with van der Waals surface area (Å²) in [5.74, 6) is 1.64. The summed E-state index contributed by atoms with van der Waals surface area (Å²) >= 11 is 0. The molecule has 0 aliphatic carbocycles. The third-order valence-corrected chi connectivity index (χ3v) is 3.55. The number of aromatic nitrogens is 2. The fraction of sp³-hybridized carbons (Fsp3) is 0.235. The quantitative estimate of drug-likeness (QED) is 0.770. The maximum absolute atomic E-state index is 4.29. The molecule has 1 N–H and O–H groups in total. The van der Waals surface area contributed by atoms with E-state index in [9.17, 15) is 0 Å². The molecule has 0 bridgehead atoms. The average molecular weight is 265 g/mol. The summed E-state index contributed by atoms with van der Waals surface area (Å²) < 4.78 is 2.06. The molecule has 0 amide bonds. The molecule has 0 saturated heterocycles. The molecule has 0 aliphatic heterocycles. The molecular formula is C17H19N3. The number of benzene rings is 1. The van der Waals surface area contributed by atoms with Gasteiger partial charge in [0.1, 0.15) is 11.5 Å². The van der Waals surface area contributed by atoms with Gasteiger partial charge in [0, 0.05) is 18.9 Å². The van der Waals surface area contributed by atoms with Gasteiger partial charge >= 0.3 is 0 Å². The molecule has 0 spiro atoms. The average Bonchev–Trinajstić information content (AvgIpc) is 2.94. The van der Waals surface area contributed by atoms with Crippen molar-refractivity contribution in [2.75, 3.05) is 5.32 Å². The lowest BCUT2D eigenvalue weighted by atomic mass is 10.0. The minimum Gasteiger partial charge on any atom is -0.367 e. The van der Waals surface area contributed by atoms with Gasteiger partial charge in [-0.25, -0.2) is 4.98 Å². The van der Waals surface area contributed by atoms with Crippen LogP contribution in [-0.4, -0.2) is 9.38 Å². The van der Waals surface area contributed by atoms with Crippen molar-refractivity contribution in [1.29, 1.82) is 0 Å². The highest BCUT2D eigenvalue weighted by atomic mass is 15.1. The number of nitrogens with one attached hydrogen (secondary N) is 1. The molecule has 2 heterocycles. The summed E-state index contributed by atoms with van der Waals surface area (Å²) in [4.78, 5) is 4.29. The fourth-order valence-electron chi connectivity index (χ4n) is 2.30. The van der Waals surface area contributed by atoms with E-state index >= 15 is 0 Å². The first-order chi connectivity index (χ1) is 9.74. The lowest BCUT2D eigenvalue weighted by Crippen LogP contribution is -2.03. The van der Waals surface area contributed by atoms with E-state index in [1.165, 1.54) is 11.1 Å². The number of rotatable bonds is 4. The summed E-state index contributed by atoms with van der Waals surface area (Å²) in [6.45, 7) is 5.25. The number of anilines is 1. The van der Waals surface area contributed by atoms with E-state index in [0.29, 0.717) is 5.92 Å². The SMILES string of the molecule is CC(C)c1ccc(CNc2cccc3nccn23)cc1. The lowest BCUT2D eigenvalue weighted by molar-refractivity contribution is 0.865. The van der Waals surface area contributed by atoms with Crippen LogP contribution >= 0.6 is 0 Å². The van der Waals surface area contributed by atoms with Crippen molar-refractivity contribution in [2.24, 2.45) is 0 Å². The second-order valence-electron chi connectivity index (χ2n) is 5.32. The van der Waals surface area contributed by atoms with Crippen LogP contribution in [0, 0.1) is 0 Å². The van der Waals surface area contributed by atoms with Gasteiger partial charge in [-0.1, -0.05) is 44.2 Å². The molecule has 3 nitrogen and oxygen atoms in total. The second-order valence-corrected chi connectivity index (χ2v) is 5.32. The minimum atomic E-state index is 0.580. The van der Waals surface area contributed by atoms with Gasteiger partial charge in [0.05, 0.1) is 0 Å². The molecule has 20 heavy (non-hydrogen) atoms. The number of pyridine rings is 1. The monoisotopic (exact) mass is 265 g/mol. The normalized spacial score (nSPS) is 11.2. The Hall–Kier alpha value is -2.29. The summed E-state index contributed by atoms with van der Waals surface area (Å²) in [5, 5.41) is 3.46. The van der Waals surface area contributed by atoms with Crippen LogP contribution < -0.4 is 5.32 Å². The van der Waals surface area contributed by atoms with Gasteiger partial charge in [-0.15, -0.1) is 0 Å². The number of imidazole rings is 1. The second kappa shape index (κ2) is 5.37. The highest BCUT2D eigenvalue weighted by molar-refractivity contribution is 5.50. The molecule has 0 unspecified atom stereocenters. The largest absolute Gasteiger partial charge is 0.367 e. The van der Waals surface area contributed by atoms with Gasteiger partial charge in [-0.3, -0.25) is 4.40 Å². The van der Waals surface area contributed by atoms with Crippen molar-refractivity contribution in [1.82, 2.24) is 9.38 Å². The van der Waals surface area contributed by atoms with Gasteiger partial charge in [0.25, 0.3) is 0 Å². The molecule has 0 saturated carbocycles. The Bertz CT molecular complexity index is 696. The number of fused-ring (bicyclic) bond motifs is 1. The van der Waals surface area contributed by atoms with Crippen LogP contribution in [0.25, 0.3) is 5.65 Å². The maximum atomic E-state index is 4.29. The zero-order valence-corrected chi connectivity index (χ0v) is 11.9. The third kappa shape index (κ3) is 2.52. The molecule has 3 aromatic rings. The van der Waals surface area contributed by atoms with Crippen molar-refractivity contribution in [2.45, 2.75) is 26.3 Å². The van der Waals surface area contributed by atoms with Gasteiger partial charge in [-0.05, 0) is 29.2 Å². The first kappa shape index (κ1) is 12.7. The van der Waals surface area contributed by atoms with Gasteiger partial charge in [-0.2, -0.15) is 0 Å². The zero-order chi connectivity index (χ0) is 13.9. The van der Waals surface area contributed by atoms with Crippen molar-refractivity contribution in [3.63, 3.8) is 0 Å². The molecule has 0 radical (unpaired) electrons. The Morgan fingerprint density at radius 3 is 2.65 bits per heavy atom. The smallest absolute Gasteiger partial charge is 0.138 e. The Labute approximate surface area is 119 Å². The van der Waals surface area contributed by atoms with Crippen LogP contribution in [0.1, 0.15) is 30.9 Å². The molecule has 1 aromatic carbocycles. The minimum absolute atomic E-state index is 0.580. The van der Waals surface area contributed by atoms with Gasteiger partial charge in [0.2, 0.25) is 0 Å². The third-order valence-electron chi connectivity index (χ3n) is 3.55. The first-order valence-corrected chi connectivity index (χ1v) is 6.99. The fourth-order valence-corrected chi connectivity index (χ4v) is 2.30. The van der Waals surface area contributed by atoms with Crippen LogP contribution in [0.4, 0.5) is 5.82 Å². The van der Waals surface area contributed by atoms with E-state index in [1.54, 1.807) is 0 Å². The first-order valence-electron chi connectivity index (χ1n) is 6.99. The molecule has 3 heteroatoms. The van der Waals surface area contributed by atoms with Crippen molar-refractivity contribution >= 4 is 11.5 Å². The van der Waals surface area contributed by atoms with E-state index in [2.05, 4.69) is 58.9 Å². The van der Waals surface area contributed by atoms with Crippen LogP contribution in [0.15, 0.2) is 54.9 Å². The number of hydrogen-bond acceptors (Lipinski definition) is 2. The highest BCUT2D eigenvalue weighted by Crippen LogP contribution is 2.16. The van der Waals surface area contributed by atoms with Gasteiger partial charge < -0.3 is 5.32 Å². The molecule has 0 fully saturated rings. The van der Waals surface area contributed by atoms with E-state index in [0.717, 1.165) is 18.0 Å². The van der Waals surface area contributed by atoms with E-state index in [4.69, 9.17) is 0 Å². The highest BCUT2D eigenvalue weighted by Gasteiger charge is 2.01. The predicted octanol–water partition coefficient (Wildman–Crippen LogP) is 4.07.